The van der Waals surface area contributed by atoms with Gasteiger partial charge in [-0.05, 0) is 24.3 Å². The molecule has 0 bridgehead atoms. The number of rotatable bonds is 11. The van der Waals surface area contributed by atoms with E-state index in [0.717, 1.165) is 0 Å². The quantitative estimate of drug-likeness (QED) is 0.154. The van der Waals surface area contributed by atoms with Gasteiger partial charge < -0.3 is 24.8 Å². The number of nitrogens with zero attached hydrogens (tertiary/aromatic N) is 1. The fourth-order valence-corrected chi connectivity index (χ4v) is 3.86. The Morgan fingerprint density at radius 2 is 1.14 bits per heavy atom. The minimum Gasteiger partial charge on any atom is -0.507 e. The summed E-state index contributed by atoms with van der Waals surface area (Å²) in [4.78, 5) is 49.0. The van der Waals surface area contributed by atoms with Crippen molar-refractivity contribution in [2.75, 3.05) is 19.8 Å². The molecule has 4 rings (SSSR count). The maximum Gasteiger partial charge on any atom is 0.426 e. The molecule has 42 heavy (non-hydrogen) atoms. The number of hydrogen-bond acceptors (Lipinski definition) is 8. The van der Waals surface area contributed by atoms with Crippen LogP contribution in [0.2, 0.25) is 0 Å². The molecular formula is C31H26N2O9. The maximum atomic E-state index is 12.6. The predicted molar refractivity (Wildman–Crippen MR) is 150 cm³/mol. The van der Waals surface area contributed by atoms with E-state index in [1.54, 1.807) is 60.7 Å². The number of carboxylic acid groups (broad SMARTS) is 1. The van der Waals surface area contributed by atoms with Gasteiger partial charge >= 0.3 is 6.09 Å². The monoisotopic (exact) mass is 570 g/mol. The number of ether oxygens (including phenoxy) is 2. The van der Waals surface area contributed by atoms with Gasteiger partial charge in [-0.3, -0.25) is 19.8 Å². The van der Waals surface area contributed by atoms with Crippen molar-refractivity contribution >= 4 is 23.6 Å². The molecule has 4 N–H and O–H groups in total. The van der Waals surface area contributed by atoms with Crippen LogP contribution in [0.15, 0.2) is 97.1 Å². The van der Waals surface area contributed by atoms with Crippen molar-refractivity contribution in [3.8, 4) is 23.0 Å². The molecule has 11 nitrogen and oxygen atoms in total. The van der Waals surface area contributed by atoms with Crippen LogP contribution >= 0.6 is 0 Å². The summed E-state index contributed by atoms with van der Waals surface area (Å²) in [5.74, 6) is -1.92. The van der Waals surface area contributed by atoms with Gasteiger partial charge in [-0.2, -0.15) is 0 Å². The second-order valence-corrected chi connectivity index (χ2v) is 8.85. The average Bonchev–Trinajstić information content (AvgIpc) is 3.00. The summed E-state index contributed by atoms with van der Waals surface area (Å²) in [5.41, 5.74) is 3.11. The molecule has 0 atom stereocenters. The zero-order valence-electron chi connectivity index (χ0n) is 22.1. The molecule has 0 fully saturated rings. The number of benzene rings is 4. The van der Waals surface area contributed by atoms with Crippen LogP contribution in [0.3, 0.4) is 0 Å². The lowest BCUT2D eigenvalue weighted by Crippen LogP contribution is -2.48. The van der Waals surface area contributed by atoms with Crippen molar-refractivity contribution in [2.24, 2.45) is 0 Å². The van der Waals surface area contributed by atoms with Crippen LogP contribution in [-0.2, 0) is 4.79 Å². The first-order valence-corrected chi connectivity index (χ1v) is 12.6. The van der Waals surface area contributed by atoms with Crippen molar-refractivity contribution in [2.45, 2.75) is 0 Å². The Morgan fingerprint density at radius 1 is 0.667 bits per heavy atom. The summed E-state index contributed by atoms with van der Waals surface area (Å²) >= 11 is 0. The maximum absolute atomic E-state index is 12.6. The number of phenols is 2. The molecule has 0 aliphatic heterocycles. The number of amides is 2. The molecule has 0 unspecified atom stereocenters. The van der Waals surface area contributed by atoms with Crippen LogP contribution in [0.25, 0.3) is 0 Å². The van der Waals surface area contributed by atoms with E-state index in [2.05, 4.69) is 5.43 Å². The van der Waals surface area contributed by atoms with E-state index < -0.39 is 18.6 Å². The first kappa shape index (κ1) is 29.2. The molecule has 214 valence electrons. The number of carbonyl (C=O) groups is 4. The first-order valence-electron chi connectivity index (χ1n) is 12.6. The second-order valence-electron chi connectivity index (χ2n) is 8.85. The molecule has 11 heteroatoms. The van der Waals surface area contributed by atoms with E-state index in [9.17, 15) is 34.5 Å². The second kappa shape index (κ2) is 13.5. The van der Waals surface area contributed by atoms with Crippen LogP contribution in [0.1, 0.15) is 31.8 Å². The van der Waals surface area contributed by atoms with Gasteiger partial charge in [0.1, 0.15) is 29.6 Å². The molecule has 0 aliphatic rings. The average molecular weight is 571 g/mol. The molecule has 0 saturated heterocycles. The molecule has 0 heterocycles. The SMILES string of the molecule is O=C(COc1ccc(C(=O)c2ccccc2)c(O)c1)NN(CCOc1ccc(C(=O)c2ccccc2)c(O)c1)C(=O)O. The summed E-state index contributed by atoms with van der Waals surface area (Å²) < 4.78 is 10.8. The molecule has 2 amide bonds. The lowest BCUT2D eigenvalue weighted by molar-refractivity contribution is -0.127. The molecule has 0 spiro atoms. The van der Waals surface area contributed by atoms with Gasteiger partial charge in [0.15, 0.2) is 18.2 Å². The van der Waals surface area contributed by atoms with E-state index in [1.807, 2.05) is 0 Å². The summed E-state index contributed by atoms with van der Waals surface area (Å²) in [6.07, 6.45) is -1.46. The summed E-state index contributed by atoms with van der Waals surface area (Å²) in [6.45, 7) is -1.05. The number of ketones is 2. The molecule has 0 saturated carbocycles. The van der Waals surface area contributed by atoms with Gasteiger partial charge in [-0.25, -0.2) is 9.80 Å². The zero-order chi connectivity index (χ0) is 30.1. The van der Waals surface area contributed by atoms with Gasteiger partial charge in [0.25, 0.3) is 5.91 Å². The topological polar surface area (TPSA) is 163 Å². The van der Waals surface area contributed by atoms with Crippen molar-refractivity contribution in [3.05, 3.63) is 119 Å². The highest BCUT2D eigenvalue weighted by Crippen LogP contribution is 2.27. The van der Waals surface area contributed by atoms with Gasteiger partial charge in [0.05, 0.1) is 17.7 Å². The van der Waals surface area contributed by atoms with Gasteiger partial charge in [0, 0.05) is 23.3 Å². The van der Waals surface area contributed by atoms with Crippen LogP contribution in [0.4, 0.5) is 4.79 Å². The largest absolute Gasteiger partial charge is 0.507 e. The predicted octanol–water partition coefficient (Wildman–Crippen LogP) is 4.03. The highest BCUT2D eigenvalue weighted by atomic mass is 16.5. The van der Waals surface area contributed by atoms with Gasteiger partial charge in [-0.15, -0.1) is 0 Å². The fourth-order valence-electron chi connectivity index (χ4n) is 3.86. The Balaban J connectivity index is 1.27. The zero-order valence-corrected chi connectivity index (χ0v) is 22.1. The van der Waals surface area contributed by atoms with E-state index in [4.69, 9.17) is 9.47 Å². The van der Waals surface area contributed by atoms with Crippen molar-refractivity contribution in [1.29, 1.82) is 0 Å². The van der Waals surface area contributed by atoms with Crippen LogP contribution in [-0.4, -0.2) is 63.7 Å². The summed E-state index contributed by atoms with van der Waals surface area (Å²) in [5, 5.41) is 30.6. The molecule has 4 aromatic carbocycles. The number of carbonyl (C=O) groups excluding carboxylic acids is 3. The number of hydrogen-bond donors (Lipinski definition) is 4. The Morgan fingerprint density at radius 3 is 1.60 bits per heavy atom. The molecule has 0 radical (unpaired) electrons. The third kappa shape index (κ3) is 7.42. The lowest BCUT2D eigenvalue weighted by atomic mass is 10.0. The van der Waals surface area contributed by atoms with E-state index in [0.29, 0.717) is 16.1 Å². The van der Waals surface area contributed by atoms with Crippen LogP contribution in [0, 0.1) is 0 Å². The Labute approximate surface area is 240 Å². The molecular weight excluding hydrogens is 544 g/mol. The summed E-state index contributed by atoms with van der Waals surface area (Å²) in [6, 6.07) is 24.9. The Bertz CT molecular complexity index is 1590. The first-order chi connectivity index (χ1) is 20.2. The number of phenolic OH excluding ortho intramolecular Hbond substituents is 2. The third-order valence-electron chi connectivity index (χ3n) is 5.94. The minimum absolute atomic E-state index is 0.0563. The third-order valence-corrected chi connectivity index (χ3v) is 5.94. The lowest BCUT2D eigenvalue weighted by Gasteiger charge is -2.20. The van der Waals surface area contributed by atoms with Gasteiger partial charge in [0.2, 0.25) is 0 Å². The van der Waals surface area contributed by atoms with Crippen LogP contribution in [0.5, 0.6) is 23.0 Å². The van der Waals surface area contributed by atoms with E-state index in [-0.39, 0.29) is 58.8 Å². The normalized spacial score (nSPS) is 10.4. The number of hydrazine groups is 1. The standard InChI is InChI=1S/C31H26N2O9/c34-26-17-22(11-13-24(26)29(37)20-7-3-1-4-8-20)41-16-15-33(31(39)40)32-28(36)19-42-23-12-14-25(27(35)18-23)30(38)21-9-5-2-6-10-21/h1-14,17-18,34-35H,15-16,19H2,(H,32,36)(H,39,40). The van der Waals surface area contributed by atoms with Crippen molar-refractivity contribution in [1.82, 2.24) is 10.4 Å². The highest BCUT2D eigenvalue weighted by molar-refractivity contribution is 6.11. The fraction of sp³-hybridized carbons (Fsp3) is 0.0968. The van der Waals surface area contributed by atoms with Crippen LogP contribution < -0.4 is 14.9 Å². The Hall–Kier alpha value is -5.84. The van der Waals surface area contributed by atoms with E-state index >= 15 is 0 Å². The molecule has 0 aromatic heterocycles. The van der Waals surface area contributed by atoms with Gasteiger partial charge in [-0.1, -0.05) is 60.7 Å². The smallest absolute Gasteiger partial charge is 0.426 e. The van der Waals surface area contributed by atoms with Crippen molar-refractivity contribution in [3.63, 3.8) is 0 Å². The molecule has 4 aromatic rings. The Kier molecular flexibility index (Phi) is 9.36. The molecule has 0 aliphatic carbocycles. The van der Waals surface area contributed by atoms with Crippen molar-refractivity contribution < 1.29 is 44.0 Å². The summed E-state index contributed by atoms with van der Waals surface area (Å²) in [7, 11) is 0. The minimum atomic E-state index is -1.46. The highest BCUT2D eigenvalue weighted by Gasteiger charge is 2.18. The van der Waals surface area contributed by atoms with E-state index in [1.165, 1.54) is 36.4 Å². The number of nitrogens with one attached hydrogen (secondary N) is 1. The number of aromatic hydroxyl groups is 2.